The minimum atomic E-state index is -0.523. The van der Waals surface area contributed by atoms with Gasteiger partial charge in [0, 0.05) is 18.5 Å². The number of ketones is 1. The van der Waals surface area contributed by atoms with E-state index in [1.54, 1.807) is 17.0 Å². The molecule has 2 fully saturated rings. The Hall–Kier alpha value is -1.95. The highest BCUT2D eigenvalue weighted by atomic mass is 19.1. The average Bonchev–Trinajstić information content (AvgIpc) is 2.66. The molecule has 1 atom stereocenters. The number of hydrogen-bond acceptors (Lipinski definition) is 4. The van der Waals surface area contributed by atoms with Gasteiger partial charge in [0.25, 0.3) is 5.91 Å². The first kappa shape index (κ1) is 17.5. The Morgan fingerprint density at radius 2 is 1.92 bits per heavy atom. The summed E-state index contributed by atoms with van der Waals surface area (Å²) in [5.74, 6) is 0.0567. The van der Waals surface area contributed by atoms with E-state index in [0.717, 1.165) is 25.7 Å². The second kappa shape index (κ2) is 7.35. The third-order valence-corrected chi connectivity index (χ3v) is 5.83. The smallest absolute Gasteiger partial charge is 0.261 e. The molecule has 1 saturated heterocycles. The predicted octanol–water partition coefficient (Wildman–Crippen LogP) is 2.82. The molecule has 1 saturated carbocycles. The summed E-state index contributed by atoms with van der Waals surface area (Å²) in [4.78, 5) is 26.6. The SMILES string of the molecule is O=C1CCCN2C(=O)COc3cccc(F)c3C3CCC(CC3)OCC12. The number of carbonyl (C=O) groups is 2. The van der Waals surface area contributed by atoms with Crippen molar-refractivity contribution < 1.29 is 23.5 Å². The zero-order chi connectivity index (χ0) is 18.1. The van der Waals surface area contributed by atoms with Crippen molar-refractivity contribution in [3.63, 3.8) is 0 Å². The fourth-order valence-corrected chi connectivity index (χ4v) is 4.41. The van der Waals surface area contributed by atoms with Crippen LogP contribution in [0.3, 0.4) is 0 Å². The number of nitrogens with zero attached hydrogens (tertiary/aromatic N) is 1. The van der Waals surface area contributed by atoms with Crippen molar-refractivity contribution in [1.82, 2.24) is 4.90 Å². The number of rotatable bonds is 0. The summed E-state index contributed by atoms with van der Waals surface area (Å²) in [5, 5.41) is 0. The van der Waals surface area contributed by atoms with Crippen LogP contribution in [0.25, 0.3) is 0 Å². The van der Waals surface area contributed by atoms with Crippen molar-refractivity contribution in [3.8, 4) is 5.75 Å². The molecule has 2 bridgehead atoms. The Morgan fingerprint density at radius 3 is 2.73 bits per heavy atom. The second-order valence-corrected chi connectivity index (χ2v) is 7.42. The largest absolute Gasteiger partial charge is 0.483 e. The summed E-state index contributed by atoms with van der Waals surface area (Å²) in [6, 6.07) is 4.26. The van der Waals surface area contributed by atoms with E-state index in [1.807, 2.05) is 0 Å². The van der Waals surface area contributed by atoms with Gasteiger partial charge in [0.05, 0.1) is 12.7 Å². The van der Waals surface area contributed by atoms with Gasteiger partial charge in [-0.1, -0.05) is 6.07 Å². The van der Waals surface area contributed by atoms with Crippen molar-refractivity contribution >= 4 is 11.7 Å². The van der Waals surface area contributed by atoms with Gasteiger partial charge in [0.2, 0.25) is 0 Å². The minimum absolute atomic E-state index is 0.0552. The lowest BCUT2D eigenvalue weighted by Gasteiger charge is -2.35. The Bertz CT molecular complexity index is 699. The number of benzene rings is 1. The molecule has 4 aliphatic rings. The van der Waals surface area contributed by atoms with Crippen LogP contribution in [0, 0.1) is 5.82 Å². The van der Waals surface area contributed by atoms with Crippen molar-refractivity contribution in [2.75, 3.05) is 19.8 Å². The molecular formula is C20H24FNO4. The Balaban J connectivity index is 1.65. The first-order valence-electron chi connectivity index (χ1n) is 9.48. The normalized spacial score (nSPS) is 29.7. The maximum Gasteiger partial charge on any atom is 0.261 e. The maximum atomic E-state index is 14.5. The molecule has 0 spiro atoms. The van der Waals surface area contributed by atoms with Crippen LogP contribution in [0.1, 0.15) is 50.0 Å². The molecular weight excluding hydrogens is 337 g/mol. The molecule has 1 aromatic rings. The first-order valence-corrected chi connectivity index (χ1v) is 9.48. The van der Waals surface area contributed by atoms with E-state index in [2.05, 4.69) is 0 Å². The van der Waals surface area contributed by atoms with Gasteiger partial charge in [-0.2, -0.15) is 0 Å². The van der Waals surface area contributed by atoms with Gasteiger partial charge in [-0.3, -0.25) is 9.59 Å². The molecule has 1 amide bonds. The highest BCUT2D eigenvalue weighted by molar-refractivity contribution is 5.90. The average molecular weight is 361 g/mol. The van der Waals surface area contributed by atoms with Crippen molar-refractivity contribution in [2.24, 2.45) is 0 Å². The molecule has 1 aliphatic carbocycles. The van der Waals surface area contributed by atoms with Crippen LogP contribution >= 0.6 is 0 Å². The van der Waals surface area contributed by atoms with E-state index < -0.39 is 6.04 Å². The quantitative estimate of drug-likeness (QED) is 0.713. The summed E-state index contributed by atoms with van der Waals surface area (Å²) in [6.45, 7) is 0.600. The van der Waals surface area contributed by atoms with Gasteiger partial charge in [-0.05, 0) is 50.2 Å². The van der Waals surface area contributed by atoms with Gasteiger partial charge >= 0.3 is 0 Å². The third kappa shape index (κ3) is 3.34. The maximum absolute atomic E-state index is 14.5. The third-order valence-electron chi connectivity index (χ3n) is 5.83. The molecule has 5 nitrogen and oxygen atoms in total. The molecule has 0 aromatic heterocycles. The van der Waals surface area contributed by atoms with Crippen LogP contribution in [0.4, 0.5) is 4.39 Å². The summed E-state index contributed by atoms with van der Waals surface area (Å²) < 4.78 is 26.2. The van der Waals surface area contributed by atoms with Gasteiger partial charge in [-0.15, -0.1) is 0 Å². The van der Waals surface area contributed by atoms with Crippen molar-refractivity contribution in [2.45, 2.75) is 56.6 Å². The standard InChI is InChI=1S/C20H24FNO4/c21-15-3-1-5-18-20(15)13-6-8-14(9-7-13)25-11-16-17(23)4-2-10-22(16)19(24)12-26-18/h1,3,5,13-14,16H,2,4,6-12H2. The second-order valence-electron chi connectivity index (χ2n) is 7.42. The number of carbonyl (C=O) groups excluding carboxylic acids is 2. The molecule has 1 unspecified atom stereocenters. The summed E-state index contributed by atoms with van der Waals surface area (Å²) in [6.07, 6.45) is 4.50. The number of ether oxygens (including phenoxy) is 2. The molecule has 26 heavy (non-hydrogen) atoms. The molecule has 0 radical (unpaired) electrons. The lowest BCUT2D eigenvalue weighted by molar-refractivity contribution is -0.147. The summed E-state index contributed by atoms with van der Waals surface area (Å²) >= 11 is 0. The van der Waals surface area contributed by atoms with E-state index in [4.69, 9.17) is 9.47 Å². The van der Waals surface area contributed by atoms with E-state index in [9.17, 15) is 14.0 Å². The molecule has 6 heteroatoms. The fraction of sp³-hybridized carbons (Fsp3) is 0.600. The van der Waals surface area contributed by atoms with Crippen LogP contribution in [0.5, 0.6) is 5.75 Å². The first-order chi connectivity index (χ1) is 12.6. The molecule has 0 N–H and O–H groups in total. The number of Topliss-reactive ketones (excluding diaryl/α,β-unsaturated/α-hetero) is 1. The molecule has 5 rings (SSSR count). The summed E-state index contributed by atoms with van der Waals surface area (Å²) in [5.41, 5.74) is 0.573. The van der Waals surface area contributed by atoms with Gasteiger partial charge in [0.1, 0.15) is 17.6 Å². The van der Waals surface area contributed by atoms with Gasteiger partial charge in [-0.25, -0.2) is 4.39 Å². The topological polar surface area (TPSA) is 55.8 Å². The fourth-order valence-electron chi connectivity index (χ4n) is 4.41. The van der Waals surface area contributed by atoms with Crippen LogP contribution < -0.4 is 4.74 Å². The Morgan fingerprint density at radius 1 is 1.12 bits per heavy atom. The van der Waals surface area contributed by atoms with Crippen molar-refractivity contribution in [3.05, 3.63) is 29.6 Å². The van der Waals surface area contributed by atoms with Crippen LogP contribution in [-0.2, 0) is 14.3 Å². The lowest BCUT2D eigenvalue weighted by Crippen LogP contribution is -2.53. The monoisotopic (exact) mass is 361 g/mol. The number of halogens is 1. The Labute approximate surface area is 152 Å². The summed E-state index contributed by atoms with van der Waals surface area (Å²) in [7, 11) is 0. The van der Waals surface area contributed by atoms with Crippen molar-refractivity contribution in [1.29, 1.82) is 0 Å². The van der Waals surface area contributed by atoms with E-state index >= 15 is 0 Å². The van der Waals surface area contributed by atoms with Gasteiger partial charge in [0.15, 0.2) is 12.4 Å². The zero-order valence-electron chi connectivity index (χ0n) is 14.8. The molecule has 3 heterocycles. The van der Waals surface area contributed by atoms with Crippen LogP contribution in [0.2, 0.25) is 0 Å². The van der Waals surface area contributed by atoms with Crippen LogP contribution in [-0.4, -0.2) is 48.5 Å². The molecule has 1 aromatic carbocycles. The van der Waals surface area contributed by atoms with Crippen LogP contribution in [0.15, 0.2) is 18.2 Å². The van der Waals surface area contributed by atoms with Gasteiger partial charge < -0.3 is 14.4 Å². The number of hydrogen-bond donors (Lipinski definition) is 0. The highest BCUT2D eigenvalue weighted by Crippen LogP contribution is 2.40. The van der Waals surface area contributed by atoms with E-state index in [-0.39, 0.29) is 42.7 Å². The van der Waals surface area contributed by atoms with E-state index in [1.165, 1.54) is 6.07 Å². The zero-order valence-corrected chi connectivity index (χ0v) is 14.8. The molecule has 3 aliphatic heterocycles. The lowest BCUT2D eigenvalue weighted by atomic mass is 9.82. The minimum Gasteiger partial charge on any atom is -0.483 e. The number of piperidine rings is 1. The van der Waals surface area contributed by atoms with E-state index in [0.29, 0.717) is 30.7 Å². The number of amides is 1. The molecule has 140 valence electrons. The number of fused-ring (bicyclic) bond motifs is 5. The highest BCUT2D eigenvalue weighted by Gasteiger charge is 2.35. The predicted molar refractivity (Wildman–Crippen MR) is 92.6 cm³/mol. The Kier molecular flexibility index (Phi) is 4.94.